The lowest BCUT2D eigenvalue weighted by atomic mass is 9.88. The van der Waals surface area contributed by atoms with Crippen LogP contribution < -0.4 is 14.2 Å². The second-order valence-electron chi connectivity index (χ2n) is 12.0. The number of alkyl halides is 2. The minimum absolute atomic E-state index is 0.0460. The van der Waals surface area contributed by atoms with Gasteiger partial charge in [0.05, 0.1) is 30.2 Å². The first kappa shape index (κ1) is 35.9. The van der Waals surface area contributed by atoms with Crippen LogP contribution in [0, 0.1) is 0 Å². The van der Waals surface area contributed by atoms with Gasteiger partial charge in [0, 0.05) is 29.5 Å². The minimum atomic E-state index is -4.38. The lowest BCUT2D eigenvalue weighted by Gasteiger charge is -2.19. The van der Waals surface area contributed by atoms with Crippen molar-refractivity contribution in [3.8, 4) is 17.2 Å². The molecule has 9 nitrogen and oxygen atoms in total. The summed E-state index contributed by atoms with van der Waals surface area (Å²) in [6.45, 7) is -3.09. The van der Waals surface area contributed by atoms with Gasteiger partial charge in [-0.05, 0) is 75.1 Å². The molecule has 0 aliphatic heterocycles. The van der Waals surface area contributed by atoms with Gasteiger partial charge in [0.2, 0.25) is 0 Å². The summed E-state index contributed by atoms with van der Waals surface area (Å²) in [5, 5.41) is -0.270. The van der Waals surface area contributed by atoms with Gasteiger partial charge in [-0.25, -0.2) is 8.42 Å². The summed E-state index contributed by atoms with van der Waals surface area (Å²) in [6.07, 6.45) is 20.1. The fourth-order valence-electron chi connectivity index (χ4n) is 6.35. The van der Waals surface area contributed by atoms with Crippen LogP contribution in [0.25, 0.3) is 11.0 Å². The van der Waals surface area contributed by atoms with E-state index in [4.69, 9.17) is 9.47 Å². The molecule has 13 heteroatoms. The van der Waals surface area contributed by atoms with Gasteiger partial charge in [-0.1, -0.05) is 49.8 Å². The molecule has 2 aliphatic rings. The quantitative estimate of drug-likeness (QED) is 0.204. The van der Waals surface area contributed by atoms with E-state index in [2.05, 4.69) is 14.7 Å². The van der Waals surface area contributed by atoms with E-state index in [1.54, 1.807) is 18.2 Å². The standard InChI is InChI=1S/C35H43F2N3O6S2/c1-44-32-21-22-38-30(33(32)45-2)24-47(41)35-39-29-23-27(46-34(36)37)18-20-31(29)40(35)48(42,43)28-16-10-8-6-4-3-5-7-9-13-25-14-11-12-15-26(25)17-19-28/h16-23,34H,3-15,24H2,1-2H3/b19-17+,28-16+. The monoisotopic (exact) mass is 703 g/mol. The van der Waals surface area contributed by atoms with Crippen molar-refractivity contribution in [1.82, 2.24) is 13.9 Å². The van der Waals surface area contributed by atoms with Gasteiger partial charge in [-0.3, -0.25) is 4.98 Å². The summed E-state index contributed by atoms with van der Waals surface area (Å²) < 4.78 is 86.1. The number of pyridine rings is 1. The maximum atomic E-state index is 14.7. The van der Waals surface area contributed by atoms with Crippen molar-refractivity contribution in [2.75, 3.05) is 14.2 Å². The number of aromatic nitrogens is 3. The van der Waals surface area contributed by atoms with Gasteiger partial charge in [-0.15, -0.1) is 0 Å². The Morgan fingerprint density at radius 2 is 1.65 bits per heavy atom. The first-order valence-corrected chi connectivity index (χ1v) is 19.2. The fourth-order valence-corrected chi connectivity index (χ4v) is 9.40. The molecule has 5 rings (SSSR count). The highest BCUT2D eigenvalue weighted by Gasteiger charge is 2.33. The van der Waals surface area contributed by atoms with Crippen molar-refractivity contribution in [3.05, 3.63) is 70.4 Å². The highest BCUT2D eigenvalue weighted by molar-refractivity contribution is 7.95. The van der Waals surface area contributed by atoms with Crippen molar-refractivity contribution in [2.45, 2.75) is 101 Å². The average Bonchev–Trinajstić information content (AvgIpc) is 3.46. The lowest BCUT2D eigenvalue weighted by molar-refractivity contribution is -0.0497. The number of hydrogen-bond acceptors (Lipinski definition) is 8. The third-order valence-electron chi connectivity index (χ3n) is 8.76. The fraction of sp³-hybridized carbons (Fsp3) is 0.486. The third-order valence-corrected chi connectivity index (χ3v) is 11.8. The van der Waals surface area contributed by atoms with E-state index in [1.807, 2.05) is 6.08 Å². The zero-order chi connectivity index (χ0) is 34.1. The van der Waals surface area contributed by atoms with Gasteiger partial charge in [0.1, 0.15) is 11.4 Å². The number of nitrogens with zero attached hydrogens (tertiary/aromatic N) is 3. The molecule has 0 saturated carbocycles. The van der Waals surface area contributed by atoms with Crippen LogP contribution >= 0.6 is 0 Å². The second-order valence-corrected chi connectivity index (χ2v) is 15.1. The summed E-state index contributed by atoms with van der Waals surface area (Å²) in [5.41, 5.74) is 2.99. The van der Waals surface area contributed by atoms with Crippen molar-refractivity contribution in [1.29, 1.82) is 0 Å². The first-order chi connectivity index (χ1) is 23.2. The summed E-state index contributed by atoms with van der Waals surface area (Å²) in [7, 11) is -1.49. The lowest BCUT2D eigenvalue weighted by Crippen LogP contribution is -2.21. The van der Waals surface area contributed by atoms with E-state index in [9.17, 15) is 21.8 Å². The molecule has 1 aromatic carbocycles. The Hall–Kier alpha value is -3.42. The van der Waals surface area contributed by atoms with Crippen LogP contribution in [0.4, 0.5) is 8.78 Å². The molecule has 0 radical (unpaired) electrons. The van der Waals surface area contributed by atoms with Crippen molar-refractivity contribution >= 4 is 32.2 Å². The molecule has 3 aromatic rings. The molecule has 0 saturated heterocycles. The molecular formula is C35H43F2N3O6S2. The Morgan fingerprint density at radius 1 is 0.938 bits per heavy atom. The third kappa shape index (κ3) is 8.59. The van der Waals surface area contributed by atoms with Crippen LogP contribution in [0.5, 0.6) is 17.2 Å². The molecule has 1 atom stereocenters. The first-order valence-electron chi connectivity index (χ1n) is 16.5. The normalized spacial score (nSPS) is 19.5. The van der Waals surface area contributed by atoms with Gasteiger partial charge in [-0.2, -0.15) is 17.7 Å². The Kier molecular flexibility index (Phi) is 12.6. The van der Waals surface area contributed by atoms with E-state index in [0.717, 1.165) is 61.8 Å². The van der Waals surface area contributed by atoms with Gasteiger partial charge in [0.15, 0.2) is 17.3 Å². The Morgan fingerprint density at radius 3 is 2.38 bits per heavy atom. The van der Waals surface area contributed by atoms with E-state index in [-0.39, 0.29) is 44.0 Å². The van der Waals surface area contributed by atoms with Crippen LogP contribution in [0.2, 0.25) is 0 Å². The molecule has 0 fully saturated rings. The number of fused-ring (bicyclic) bond motifs is 1. The molecule has 48 heavy (non-hydrogen) atoms. The van der Waals surface area contributed by atoms with Crippen LogP contribution in [-0.4, -0.2) is 47.7 Å². The molecule has 2 aliphatic carbocycles. The molecule has 2 aromatic heterocycles. The number of ether oxygens (including phenoxy) is 3. The van der Waals surface area contributed by atoms with Crippen molar-refractivity contribution in [2.24, 2.45) is 0 Å². The van der Waals surface area contributed by atoms with Crippen molar-refractivity contribution in [3.63, 3.8) is 0 Å². The van der Waals surface area contributed by atoms with E-state index in [1.165, 1.54) is 69.0 Å². The second kappa shape index (κ2) is 16.8. The Balaban J connectivity index is 1.62. The van der Waals surface area contributed by atoms with Gasteiger partial charge >= 0.3 is 11.8 Å². The molecule has 0 amide bonds. The predicted molar refractivity (Wildman–Crippen MR) is 182 cm³/mol. The van der Waals surface area contributed by atoms with Crippen LogP contribution in [-0.2, 0) is 27.0 Å². The maximum absolute atomic E-state index is 14.7. The Labute approximate surface area is 284 Å². The molecule has 0 bridgehead atoms. The molecular weight excluding hydrogens is 661 g/mol. The summed E-state index contributed by atoms with van der Waals surface area (Å²) in [4.78, 5) is 8.81. The molecule has 0 N–H and O–H groups in total. The number of imidazole rings is 1. The molecule has 2 heterocycles. The number of hydrogen-bond donors (Lipinski definition) is 0. The van der Waals surface area contributed by atoms with E-state index < -0.39 is 27.8 Å². The van der Waals surface area contributed by atoms with Crippen LogP contribution in [0.3, 0.4) is 0 Å². The number of rotatable bonds is 9. The molecule has 1 unspecified atom stereocenters. The zero-order valence-corrected chi connectivity index (χ0v) is 29.1. The van der Waals surface area contributed by atoms with Crippen LogP contribution in [0.1, 0.15) is 89.2 Å². The van der Waals surface area contributed by atoms with E-state index >= 15 is 0 Å². The SMILES string of the molecule is COc1ccnc(C[S+]([O-])c2nc3cc(OC(F)F)ccc3n2S(=O)(=O)C2=C/CCCCCCCCCC3=C(\C=C\2)CCCC3)c1OC. The summed E-state index contributed by atoms with van der Waals surface area (Å²) >= 11 is -2.08. The molecule has 260 valence electrons. The van der Waals surface area contributed by atoms with Crippen molar-refractivity contribution < 1.29 is 36.0 Å². The summed E-state index contributed by atoms with van der Waals surface area (Å²) in [5.74, 6) is 0.190. The van der Waals surface area contributed by atoms with Crippen LogP contribution in [0.15, 0.2) is 69.9 Å². The van der Waals surface area contributed by atoms with Gasteiger partial charge < -0.3 is 18.8 Å². The largest absolute Gasteiger partial charge is 0.609 e. The number of benzene rings is 1. The van der Waals surface area contributed by atoms with E-state index in [0.29, 0.717) is 12.2 Å². The predicted octanol–water partition coefficient (Wildman–Crippen LogP) is 8.37. The molecule has 0 spiro atoms. The van der Waals surface area contributed by atoms with Gasteiger partial charge in [0.25, 0.3) is 10.0 Å². The number of allylic oxidation sites excluding steroid dienone is 5. The summed E-state index contributed by atoms with van der Waals surface area (Å²) in [6, 6.07) is 5.41. The highest BCUT2D eigenvalue weighted by Crippen LogP contribution is 2.35. The smallest absolute Gasteiger partial charge is 0.387 e. The number of halogens is 2. The topological polar surface area (TPSA) is 116 Å². The zero-order valence-electron chi connectivity index (χ0n) is 27.5. The number of methoxy groups -OCH3 is 2. The average molecular weight is 704 g/mol. The Bertz CT molecular complexity index is 1770. The maximum Gasteiger partial charge on any atom is 0.387 e. The highest BCUT2D eigenvalue weighted by atomic mass is 32.2. The minimum Gasteiger partial charge on any atom is -0.609 e.